The molecule has 8 heteroatoms. The van der Waals surface area contributed by atoms with E-state index in [1.807, 2.05) is 12.1 Å². The number of aromatic nitrogens is 3. The summed E-state index contributed by atoms with van der Waals surface area (Å²) in [5.41, 5.74) is 2.81. The van der Waals surface area contributed by atoms with E-state index in [1.165, 1.54) is 0 Å². The van der Waals surface area contributed by atoms with Crippen LogP contribution in [0.2, 0.25) is 5.02 Å². The number of fused-ring (bicyclic) bond motifs is 1. The lowest BCUT2D eigenvalue weighted by Gasteiger charge is -2.19. The largest absolute Gasteiger partial charge is 0.496 e. The fourth-order valence-electron chi connectivity index (χ4n) is 3.75. The minimum absolute atomic E-state index is 0.272. The molecule has 2 heterocycles. The van der Waals surface area contributed by atoms with Crippen molar-refractivity contribution in [3.05, 3.63) is 58.2 Å². The molecular formula is C21H23ClN4O3. The molecule has 0 bridgehead atoms. The van der Waals surface area contributed by atoms with Gasteiger partial charge in [0, 0.05) is 28.8 Å². The number of aryl methyl sites for hydroxylation is 1. The first-order chi connectivity index (χ1) is 14.1. The zero-order chi connectivity index (χ0) is 20.4. The average Bonchev–Trinajstić information content (AvgIpc) is 3.34. The van der Waals surface area contributed by atoms with Gasteiger partial charge in [-0.1, -0.05) is 30.1 Å². The number of nitrogens with zero attached hydrogens (tertiary/aromatic N) is 3. The molecule has 0 saturated carbocycles. The molecule has 1 N–H and O–H groups in total. The van der Waals surface area contributed by atoms with Gasteiger partial charge in [-0.05, 0) is 37.0 Å². The smallest absolute Gasteiger partial charge is 0.278 e. The standard InChI is InChI=1S/C21H23ClN4O3/c1-3-13-4-6-19-17(8-13)20(25-29-19)21(27)24-16-10-23-26(12-16)11-14-9-15(22)5-7-18(14)28-2/h5,7,9-10,12-13H,3-4,6,8,11H2,1-2H3,(H,24,27). The Hall–Kier alpha value is -2.80. The van der Waals surface area contributed by atoms with Crippen molar-refractivity contribution < 1.29 is 14.1 Å². The number of benzene rings is 1. The van der Waals surface area contributed by atoms with Crippen molar-refractivity contribution in [3.63, 3.8) is 0 Å². The van der Waals surface area contributed by atoms with Crippen molar-refractivity contribution in [2.24, 2.45) is 5.92 Å². The van der Waals surface area contributed by atoms with Crippen LogP contribution in [0.25, 0.3) is 0 Å². The fourth-order valence-corrected chi connectivity index (χ4v) is 3.95. The normalized spacial score (nSPS) is 15.8. The maximum atomic E-state index is 12.7. The van der Waals surface area contributed by atoms with Gasteiger partial charge in [0.25, 0.3) is 5.91 Å². The molecule has 0 fully saturated rings. The number of hydrogen-bond donors (Lipinski definition) is 1. The van der Waals surface area contributed by atoms with E-state index in [4.69, 9.17) is 20.9 Å². The lowest BCUT2D eigenvalue weighted by Crippen LogP contribution is -2.18. The Kier molecular flexibility index (Phi) is 5.58. The molecule has 1 aliphatic rings. The Morgan fingerprint density at radius 1 is 1.45 bits per heavy atom. The number of halogens is 1. The van der Waals surface area contributed by atoms with Crippen molar-refractivity contribution >= 4 is 23.2 Å². The van der Waals surface area contributed by atoms with Gasteiger partial charge in [0.15, 0.2) is 5.69 Å². The lowest BCUT2D eigenvalue weighted by molar-refractivity contribution is 0.101. The van der Waals surface area contributed by atoms with Gasteiger partial charge < -0.3 is 14.6 Å². The summed E-state index contributed by atoms with van der Waals surface area (Å²) in [5.74, 6) is 1.87. The summed E-state index contributed by atoms with van der Waals surface area (Å²) >= 11 is 6.09. The molecule has 1 unspecified atom stereocenters. The van der Waals surface area contributed by atoms with Gasteiger partial charge in [0.05, 0.1) is 25.5 Å². The number of carbonyl (C=O) groups excluding carboxylic acids is 1. The van der Waals surface area contributed by atoms with Gasteiger partial charge in [0.2, 0.25) is 0 Å². The third-order valence-electron chi connectivity index (χ3n) is 5.40. The first kappa shape index (κ1) is 19.5. The van der Waals surface area contributed by atoms with E-state index in [0.717, 1.165) is 48.3 Å². The number of rotatable bonds is 6. The third kappa shape index (κ3) is 4.15. The summed E-state index contributed by atoms with van der Waals surface area (Å²) in [5, 5.41) is 11.8. The van der Waals surface area contributed by atoms with Crippen LogP contribution in [0.5, 0.6) is 5.75 Å². The molecule has 0 spiro atoms. The van der Waals surface area contributed by atoms with Gasteiger partial charge in [-0.25, -0.2) is 0 Å². The second kappa shape index (κ2) is 8.29. The Balaban J connectivity index is 1.47. The van der Waals surface area contributed by atoms with Gasteiger partial charge in [-0.3, -0.25) is 9.48 Å². The summed E-state index contributed by atoms with van der Waals surface area (Å²) in [6.45, 7) is 2.64. The highest BCUT2D eigenvalue weighted by molar-refractivity contribution is 6.30. The number of anilines is 1. The first-order valence-corrected chi connectivity index (χ1v) is 10.1. The number of nitrogens with one attached hydrogen (secondary N) is 1. The quantitative estimate of drug-likeness (QED) is 0.648. The molecule has 2 aromatic heterocycles. The maximum absolute atomic E-state index is 12.7. The molecule has 1 atom stereocenters. The van der Waals surface area contributed by atoms with Crippen LogP contribution in [0.15, 0.2) is 35.1 Å². The Morgan fingerprint density at radius 2 is 2.31 bits per heavy atom. The Labute approximate surface area is 174 Å². The predicted molar refractivity (Wildman–Crippen MR) is 110 cm³/mol. The molecule has 0 aliphatic heterocycles. The SMILES string of the molecule is CCC1CCc2onc(C(=O)Nc3cnn(Cc4cc(Cl)ccc4OC)c3)c2C1. The number of ether oxygens (including phenoxy) is 1. The Bertz CT molecular complexity index is 1030. The highest BCUT2D eigenvalue weighted by Crippen LogP contribution is 2.30. The summed E-state index contributed by atoms with van der Waals surface area (Å²) < 4.78 is 12.5. The van der Waals surface area contributed by atoms with Gasteiger partial charge in [-0.2, -0.15) is 5.10 Å². The van der Waals surface area contributed by atoms with Crippen molar-refractivity contribution in [1.82, 2.24) is 14.9 Å². The average molecular weight is 415 g/mol. The number of carbonyl (C=O) groups is 1. The van der Waals surface area contributed by atoms with Crippen LogP contribution in [-0.2, 0) is 19.4 Å². The van der Waals surface area contributed by atoms with Crippen LogP contribution in [0.4, 0.5) is 5.69 Å². The number of methoxy groups -OCH3 is 1. The fraction of sp³-hybridized carbons (Fsp3) is 0.381. The maximum Gasteiger partial charge on any atom is 0.278 e. The predicted octanol–water partition coefficient (Wildman–Crippen LogP) is 4.35. The van der Waals surface area contributed by atoms with Crippen molar-refractivity contribution in [2.75, 3.05) is 12.4 Å². The van der Waals surface area contributed by atoms with E-state index < -0.39 is 0 Å². The molecule has 3 aromatic rings. The molecule has 0 saturated heterocycles. The third-order valence-corrected chi connectivity index (χ3v) is 5.64. The zero-order valence-electron chi connectivity index (χ0n) is 16.4. The number of amides is 1. The van der Waals surface area contributed by atoms with Crippen LogP contribution in [0.1, 0.15) is 47.1 Å². The lowest BCUT2D eigenvalue weighted by atomic mass is 9.85. The van der Waals surface area contributed by atoms with Gasteiger partial charge in [-0.15, -0.1) is 0 Å². The van der Waals surface area contributed by atoms with Crippen molar-refractivity contribution in [3.8, 4) is 5.75 Å². The minimum atomic E-state index is -0.272. The molecule has 1 aliphatic carbocycles. The van der Waals surface area contributed by atoms with Crippen LogP contribution in [-0.4, -0.2) is 28.0 Å². The topological polar surface area (TPSA) is 82.2 Å². The molecule has 152 valence electrons. The van der Waals surface area contributed by atoms with E-state index in [0.29, 0.717) is 28.9 Å². The highest BCUT2D eigenvalue weighted by atomic mass is 35.5. The van der Waals surface area contributed by atoms with Crippen LogP contribution >= 0.6 is 11.6 Å². The van der Waals surface area contributed by atoms with Crippen LogP contribution in [0, 0.1) is 5.92 Å². The van der Waals surface area contributed by atoms with E-state index in [1.54, 1.807) is 30.3 Å². The van der Waals surface area contributed by atoms with Crippen molar-refractivity contribution in [2.45, 2.75) is 39.2 Å². The second-order valence-corrected chi connectivity index (χ2v) is 7.72. The second-order valence-electron chi connectivity index (χ2n) is 7.29. The van der Waals surface area contributed by atoms with E-state index >= 15 is 0 Å². The van der Waals surface area contributed by atoms with E-state index in [2.05, 4.69) is 22.5 Å². The molecule has 7 nitrogen and oxygen atoms in total. The summed E-state index contributed by atoms with van der Waals surface area (Å²) in [4.78, 5) is 12.7. The highest BCUT2D eigenvalue weighted by Gasteiger charge is 2.28. The monoisotopic (exact) mass is 414 g/mol. The molecule has 0 radical (unpaired) electrons. The molecule has 29 heavy (non-hydrogen) atoms. The van der Waals surface area contributed by atoms with E-state index in [-0.39, 0.29) is 5.91 Å². The molecule has 1 amide bonds. The van der Waals surface area contributed by atoms with Crippen LogP contribution in [0.3, 0.4) is 0 Å². The van der Waals surface area contributed by atoms with Crippen molar-refractivity contribution in [1.29, 1.82) is 0 Å². The zero-order valence-corrected chi connectivity index (χ0v) is 17.2. The van der Waals surface area contributed by atoms with Gasteiger partial charge in [0.1, 0.15) is 11.5 Å². The van der Waals surface area contributed by atoms with Crippen LogP contribution < -0.4 is 10.1 Å². The molecular weight excluding hydrogens is 392 g/mol. The van der Waals surface area contributed by atoms with E-state index in [9.17, 15) is 4.79 Å². The summed E-state index contributed by atoms with van der Waals surface area (Å²) in [7, 11) is 1.61. The summed E-state index contributed by atoms with van der Waals surface area (Å²) in [6.07, 6.45) is 7.22. The molecule has 4 rings (SSSR count). The van der Waals surface area contributed by atoms with Gasteiger partial charge >= 0.3 is 0 Å². The minimum Gasteiger partial charge on any atom is -0.496 e. The number of hydrogen-bond acceptors (Lipinski definition) is 5. The first-order valence-electron chi connectivity index (χ1n) is 9.71. The molecule has 1 aromatic carbocycles. The Morgan fingerprint density at radius 3 is 3.10 bits per heavy atom. The summed E-state index contributed by atoms with van der Waals surface area (Å²) in [6, 6.07) is 5.44.